The molecule has 0 bridgehead atoms. The quantitative estimate of drug-likeness (QED) is 0.654. The minimum absolute atomic E-state index is 0.0253. The van der Waals surface area contributed by atoms with E-state index in [0.717, 1.165) is 0 Å². The molecule has 0 aliphatic carbocycles. The number of aromatic nitrogens is 3. The number of hydrogen-bond donors (Lipinski definition) is 2. The fraction of sp³-hybridized carbons (Fsp3) is 0.600. The molecule has 9 nitrogen and oxygen atoms in total. The van der Waals surface area contributed by atoms with Crippen molar-refractivity contribution in [3.63, 3.8) is 0 Å². The lowest BCUT2D eigenvalue weighted by atomic mass is 10.4. The summed E-state index contributed by atoms with van der Waals surface area (Å²) in [5.74, 6) is 0.415. The van der Waals surface area contributed by atoms with E-state index < -0.39 is 5.97 Å². The summed E-state index contributed by atoms with van der Waals surface area (Å²) in [4.78, 5) is 25.2. The largest absolute Gasteiger partial charge is 0.468 e. The minimum Gasteiger partial charge on any atom is -0.468 e. The van der Waals surface area contributed by atoms with Crippen LogP contribution in [0, 0.1) is 0 Å². The summed E-state index contributed by atoms with van der Waals surface area (Å²) in [6.45, 7) is 2.61. The minimum atomic E-state index is -0.410. The summed E-state index contributed by atoms with van der Waals surface area (Å²) in [6.07, 6.45) is 0. The highest BCUT2D eigenvalue weighted by Gasteiger charge is 2.16. The fourth-order valence-electron chi connectivity index (χ4n) is 1.59. The Morgan fingerprint density at radius 1 is 1.42 bits per heavy atom. The van der Waals surface area contributed by atoms with E-state index in [1.165, 1.54) is 7.11 Å². The first-order valence-corrected chi connectivity index (χ1v) is 5.84. The molecule has 0 amide bonds. The number of methoxy groups -OCH3 is 1. The molecule has 2 heterocycles. The van der Waals surface area contributed by atoms with E-state index in [2.05, 4.69) is 25.0 Å². The van der Waals surface area contributed by atoms with Crippen LogP contribution in [0.3, 0.4) is 0 Å². The number of nitrogens with one attached hydrogen (secondary N) is 1. The topological polar surface area (TPSA) is 115 Å². The highest BCUT2D eigenvalue weighted by Crippen LogP contribution is 2.13. The Labute approximate surface area is 110 Å². The number of morpholine rings is 1. The van der Waals surface area contributed by atoms with Gasteiger partial charge in [-0.05, 0) is 0 Å². The molecule has 0 radical (unpaired) electrons. The van der Waals surface area contributed by atoms with Crippen LogP contribution >= 0.6 is 0 Å². The van der Waals surface area contributed by atoms with Crippen LogP contribution in [-0.2, 0) is 14.3 Å². The third-order valence-corrected chi connectivity index (χ3v) is 2.55. The second-order valence-corrected chi connectivity index (χ2v) is 3.85. The molecule has 1 aliphatic rings. The van der Waals surface area contributed by atoms with Crippen LogP contribution in [0.4, 0.5) is 17.8 Å². The SMILES string of the molecule is COC(=O)CNc1nc(N)nc(N2CCOCC2)n1. The van der Waals surface area contributed by atoms with Gasteiger partial charge in [-0.15, -0.1) is 0 Å². The van der Waals surface area contributed by atoms with Crippen molar-refractivity contribution in [1.29, 1.82) is 0 Å². The van der Waals surface area contributed by atoms with Crippen LogP contribution in [-0.4, -0.2) is 60.9 Å². The Kier molecular flexibility index (Phi) is 4.29. The fourth-order valence-corrected chi connectivity index (χ4v) is 1.59. The van der Waals surface area contributed by atoms with E-state index in [-0.39, 0.29) is 18.4 Å². The lowest BCUT2D eigenvalue weighted by molar-refractivity contribution is -0.138. The molecule has 2 rings (SSSR count). The molecule has 9 heteroatoms. The van der Waals surface area contributed by atoms with Gasteiger partial charge >= 0.3 is 5.97 Å². The number of carbonyl (C=O) groups is 1. The van der Waals surface area contributed by atoms with E-state index in [1.807, 2.05) is 4.90 Å². The van der Waals surface area contributed by atoms with Crippen LogP contribution in [0.1, 0.15) is 0 Å². The van der Waals surface area contributed by atoms with Crippen LogP contribution in [0.25, 0.3) is 0 Å². The zero-order valence-corrected chi connectivity index (χ0v) is 10.6. The summed E-state index contributed by atoms with van der Waals surface area (Å²) in [5.41, 5.74) is 5.63. The van der Waals surface area contributed by atoms with Crippen LogP contribution < -0.4 is 16.0 Å². The van der Waals surface area contributed by atoms with Crippen molar-refractivity contribution >= 4 is 23.8 Å². The number of rotatable bonds is 4. The number of nitrogen functional groups attached to an aromatic ring is 1. The van der Waals surface area contributed by atoms with Crippen molar-refractivity contribution in [3.05, 3.63) is 0 Å². The number of ether oxygens (including phenoxy) is 2. The summed E-state index contributed by atoms with van der Waals surface area (Å²) in [6, 6.07) is 0. The maximum absolute atomic E-state index is 11.0. The van der Waals surface area contributed by atoms with Gasteiger partial charge in [0.2, 0.25) is 17.8 Å². The monoisotopic (exact) mass is 268 g/mol. The van der Waals surface area contributed by atoms with Crippen LogP contribution in [0.2, 0.25) is 0 Å². The third kappa shape index (κ3) is 3.65. The van der Waals surface area contributed by atoms with Gasteiger partial charge in [0.05, 0.1) is 20.3 Å². The van der Waals surface area contributed by atoms with Crippen LogP contribution in [0.5, 0.6) is 0 Å². The van der Waals surface area contributed by atoms with E-state index in [4.69, 9.17) is 10.5 Å². The highest BCUT2D eigenvalue weighted by molar-refractivity contribution is 5.74. The van der Waals surface area contributed by atoms with Gasteiger partial charge in [0, 0.05) is 13.1 Å². The molecule has 3 N–H and O–H groups in total. The van der Waals surface area contributed by atoms with Crippen molar-refractivity contribution in [1.82, 2.24) is 15.0 Å². The maximum Gasteiger partial charge on any atom is 0.325 e. The molecule has 0 spiro atoms. The molecule has 104 valence electrons. The van der Waals surface area contributed by atoms with E-state index in [1.54, 1.807) is 0 Å². The molecule has 1 aliphatic heterocycles. The maximum atomic E-state index is 11.0. The average molecular weight is 268 g/mol. The number of hydrogen-bond acceptors (Lipinski definition) is 9. The van der Waals surface area contributed by atoms with Gasteiger partial charge in [0.25, 0.3) is 0 Å². The number of nitrogens with zero attached hydrogens (tertiary/aromatic N) is 4. The molecule has 19 heavy (non-hydrogen) atoms. The lowest BCUT2D eigenvalue weighted by Crippen LogP contribution is -2.37. The molecule has 1 aromatic rings. The van der Waals surface area contributed by atoms with Gasteiger partial charge < -0.3 is 25.4 Å². The van der Waals surface area contributed by atoms with E-state index >= 15 is 0 Å². The number of anilines is 3. The standard InChI is InChI=1S/C10H16N6O3/c1-18-7(17)6-12-9-13-8(11)14-10(15-9)16-2-4-19-5-3-16/h2-6H2,1H3,(H3,11,12,13,14,15). The molecule has 0 aromatic carbocycles. The van der Waals surface area contributed by atoms with E-state index in [9.17, 15) is 4.79 Å². The van der Waals surface area contributed by atoms with Gasteiger partial charge in [-0.25, -0.2) is 0 Å². The first-order chi connectivity index (χ1) is 9.19. The van der Waals surface area contributed by atoms with Gasteiger partial charge in [-0.1, -0.05) is 0 Å². The molecule has 0 unspecified atom stereocenters. The molecule has 1 fully saturated rings. The zero-order valence-electron chi connectivity index (χ0n) is 10.6. The van der Waals surface area contributed by atoms with Crippen molar-refractivity contribution in [3.8, 4) is 0 Å². The molecule has 1 aromatic heterocycles. The number of esters is 1. The predicted molar refractivity (Wildman–Crippen MR) is 67.8 cm³/mol. The van der Waals surface area contributed by atoms with Crippen molar-refractivity contribution < 1.29 is 14.3 Å². The molecular weight excluding hydrogens is 252 g/mol. The Hall–Kier alpha value is -2.16. The van der Waals surface area contributed by atoms with Crippen molar-refractivity contribution in [2.75, 3.05) is 55.9 Å². The summed E-state index contributed by atoms with van der Waals surface area (Å²) < 4.78 is 9.77. The average Bonchev–Trinajstić information content (AvgIpc) is 2.45. The molecule has 0 saturated carbocycles. The molecule has 1 saturated heterocycles. The third-order valence-electron chi connectivity index (χ3n) is 2.55. The Morgan fingerprint density at radius 3 is 2.84 bits per heavy atom. The first kappa shape index (κ1) is 13.3. The van der Waals surface area contributed by atoms with Crippen LogP contribution in [0.15, 0.2) is 0 Å². The zero-order chi connectivity index (χ0) is 13.7. The van der Waals surface area contributed by atoms with E-state index in [0.29, 0.717) is 32.3 Å². The first-order valence-electron chi connectivity index (χ1n) is 5.84. The van der Waals surface area contributed by atoms with Gasteiger partial charge in [0.15, 0.2) is 0 Å². The van der Waals surface area contributed by atoms with Gasteiger partial charge in [-0.2, -0.15) is 15.0 Å². The van der Waals surface area contributed by atoms with Crippen molar-refractivity contribution in [2.45, 2.75) is 0 Å². The summed E-state index contributed by atoms with van der Waals surface area (Å²) in [5, 5.41) is 2.74. The number of carbonyl (C=O) groups excluding carboxylic acids is 1. The lowest BCUT2D eigenvalue weighted by Gasteiger charge is -2.26. The smallest absolute Gasteiger partial charge is 0.325 e. The summed E-state index contributed by atoms with van der Waals surface area (Å²) in [7, 11) is 1.31. The Morgan fingerprint density at radius 2 is 2.16 bits per heavy atom. The summed E-state index contributed by atoms with van der Waals surface area (Å²) >= 11 is 0. The predicted octanol–water partition coefficient (Wildman–Crippen LogP) is -1.12. The van der Waals surface area contributed by atoms with Gasteiger partial charge in [0.1, 0.15) is 6.54 Å². The second kappa shape index (κ2) is 6.14. The molecule has 0 atom stereocenters. The second-order valence-electron chi connectivity index (χ2n) is 3.85. The highest BCUT2D eigenvalue weighted by atomic mass is 16.5. The Bertz CT molecular complexity index is 449. The van der Waals surface area contributed by atoms with Crippen molar-refractivity contribution in [2.24, 2.45) is 0 Å². The normalized spacial score (nSPS) is 15.1. The molecular formula is C10H16N6O3. The van der Waals surface area contributed by atoms with Gasteiger partial charge in [-0.3, -0.25) is 4.79 Å². The Balaban J connectivity index is 2.07. The number of nitrogens with two attached hydrogens (primary N) is 1.